The first-order chi connectivity index (χ1) is 9.79. The standard InChI is InChI=1S/C17H16O3/c1-19-17(18)20-16(15-10-6-3-7-11-15)13-12-14-8-4-2-5-9-14/h2-13,16H,1H3/b13-12+/t16-/m1/s1. The van der Waals surface area contributed by atoms with Gasteiger partial charge in [-0.2, -0.15) is 0 Å². The van der Waals surface area contributed by atoms with Gasteiger partial charge < -0.3 is 9.47 Å². The topological polar surface area (TPSA) is 35.5 Å². The molecule has 102 valence electrons. The molecule has 0 heterocycles. The second-order valence-electron chi connectivity index (χ2n) is 4.17. The van der Waals surface area contributed by atoms with E-state index in [1.165, 1.54) is 7.11 Å². The largest absolute Gasteiger partial charge is 0.508 e. The van der Waals surface area contributed by atoms with Gasteiger partial charge in [0.05, 0.1) is 7.11 Å². The molecule has 0 aliphatic rings. The lowest BCUT2D eigenvalue weighted by Crippen LogP contribution is -2.09. The maximum absolute atomic E-state index is 11.3. The van der Waals surface area contributed by atoms with Crippen molar-refractivity contribution in [3.63, 3.8) is 0 Å². The van der Waals surface area contributed by atoms with Crippen LogP contribution in [0.3, 0.4) is 0 Å². The first-order valence-corrected chi connectivity index (χ1v) is 6.32. The van der Waals surface area contributed by atoms with Gasteiger partial charge in [-0.05, 0) is 17.2 Å². The predicted molar refractivity (Wildman–Crippen MR) is 78.1 cm³/mol. The molecule has 3 nitrogen and oxygen atoms in total. The molecule has 0 radical (unpaired) electrons. The third-order valence-electron chi connectivity index (χ3n) is 2.78. The normalized spacial score (nSPS) is 12.1. The maximum atomic E-state index is 11.3. The highest BCUT2D eigenvalue weighted by molar-refractivity contribution is 5.61. The fourth-order valence-corrected chi connectivity index (χ4v) is 1.78. The van der Waals surface area contributed by atoms with Crippen molar-refractivity contribution in [2.75, 3.05) is 7.11 Å². The average Bonchev–Trinajstić information content (AvgIpc) is 2.53. The maximum Gasteiger partial charge on any atom is 0.508 e. The molecule has 0 bridgehead atoms. The summed E-state index contributed by atoms with van der Waals surface area (Å²) in [6, 6.07) is 19.4. The van der Waals surface area contributed by atoms with Crippen molar-refractivity contribution in [1.82, 2.24) is 0 Å². The van der Waals surface area contributed by atoms with Crippen LogP contribution in [0, 0.1) is 0 Å². The molecule has 1 atom stereocenters. The number of hydrogen-bond acceptors (Lipinski definition) is 3. The lowest BCUT2D eigenvalue weighted by Gasteiger charge is -2.13. The van der Waals surface area contributed by atoms with Crippen LogP contribution < -0.4 is 0 Å². The summed E-state index contributed by atoms with van der Waals surface area (Å²) in [5, 5.41) is 0. The number of ether oxygens (including phenoxy) is 2. The first kappa shape index (κ1) is 13.9. The van der Waals surface area contributed by atoms with Crippen molar-refractivity contribution >= 4 is 12.2 Å². The average molecular weight is 268 g/mol. The highest BCUT2D eigenvalue weighted by atomic mass is 16.7. The quantitative estimate of drug-likeness (QED) is 0.779. The third kappa shape index (κ3) is 3.99. The summed E-state index contributed by atoms with van der Waals surface area (Å²) in [6.45, 7) is 0. The molecule has 0 saturated carbocycles. The molecule has 0 spiro atoms. The van der Waals surface area contributed by atoms with Gasteiger partial charge >= 0.3 is 6.16 Å². The summed E-state index contributed by atoms with van der Waals surface area (Å²) in [5.41, 5.74) is 1.94. The van der Waals surface area contributed by atoms with E-state index in [0.29, 0.717) is 0 Å². The van der Waals surface area contributed by atoms with Crippen LogP contribution in [-0.4, -0.2) is 13.3 Å². The van der Waals surface area contributed by atoms with E-state index in [9.17, 15) is 4.79 Å². The van der Waals surface area contributed by atoms with Crippen molar-refractivity contribution < 1.29 is 14.3 Å². The van der Waals surface area contributed by atoms with Gasteiger partial charge in [-0.3, -0.25) is 0 Å². The Morgan fingerprint density at radius 3 is 2.20 bits per heavy atom. The molecule has 0 aliphatic heterocycles. The van der Waals surface area contributed by atoms with Gasteiger partial charge in [-0.25, -0.2) is 4.79 Å². The molecule has 2 aromatic rings. The molecule has 0 N–H and O–H groups in total. The molecule has 3 heteroatoms. The lowest BCUT2D eigenvalue weighted by atomic mass is 10.1. The summed E-state index contributed by atoms with van der Waals surface area (Å²) in [5.74, 6) is 0. The minimum Gasteiger partial charge on any atom is -0.438 e. The van der Waals surface area contributed by atoms with E-state index in [-0.39, 0.29) is 0 Å². The molecule has 0 fully saturated rings. The van der Waals surface area contributed by atoms with E-state index >= 15 is 0 Å². The summed E-state index contributed by atoms with van der Waals surface area (Å²) < 4.78 is 9.82. The Hall–Kier alpha value is -2.55. The fraction of sp³-hybridized carbons (Fsp3) is 0.118. The van der Waals surface area contributed by atoms with Gasteiger partial charge in [0.1, 0.15) is 6.10 Å². The van der Waals surface area contributed by atoms with E-state index < -0.39 is 12.3 Å². The van der Waals surface area contributed by atoms with Crippen LogP contribution in [0.1, 0.15) is 17.2 Å². The van der Waals surface area contributed by atoms with Crippen LogP contribution in [0.5, 0.6) is 0 Å². The van der Waals surface area contributed by atoms with Crippen molar-refractivity contribution in [2.45, 2.75) is 6.10 Å². The fourth-order valence-electron chi connectivity index (χ4n) is 1.78. The summed E-state index contributed by atoms with van der Waals surface area (Å²) >= 11 is 0. The Morgan fingerprint density at radius 2 is 1.60 bits per heavy atom. The monoisotopic (exact) mass is 268 g/mol. The summed E-state index contributed by atoms with van der Waals surface area (Å²) in [6.07, 6.45) is 2.59. The van der Waals surface area contributed by atoms with E-state index in [1.54, 1.807) is 0 Å². The van der Waals surface area contributed by atoms with Crippen molar-refractivity contribution in [3.8, 4) is 0 Å². The molecular weight excluding hydrogens is 252 g/mol. The highest BCUT2D eigenvalue weighted by Crippen LogP contribution is 2.20. The van der Waals surface area contributed by atoms with Crippen molar-refractivity contribution in [2.24, 2.45) is 0 Å². The minimum atomic E-state index is -0.698. The molecule has 0 aromatic heterocycles. The number of methoxy groups -OCH3 is 1. The van der Waals surface area contributed by atoms with E-state index in [0.717, 1.165) is 11.1 Å². The zero-order chi connectivity index (χ0) is 14.2. The van der Waals surface area contributed by atoms with E-state index in [1.807, 2.05) is 72.8 Å². The Kier molecular flexibility index (Phi) is 4.95. The number of benzene rings is 2. The van der Waals surface area contributed by atoms with Gasteiger partial charge in [0.15, 0.2) is 0 Å². The Bertz CT molecular complexity index is 561. The second kappa shape index (κ2) is 7.14. The smallest absolute Gasteiger partial charge is 0.438 e. The predicted octanol–water partition coefficient (Wildman–Crippen LogP) is 4.22. The molecule has 20 heavy (non-hydrogen) atoms. The van der Waals surface area contributed by atoms with Crippen LogP contribution in [0.4, 0.5) is 4.79 Å². The summed E-state index contributed by atoms with van der Waals surface area (Å²) in [4.78, 5) is 11.3. The number of carbonyl (C=O) groups is 1. The van der Waals surface area contributed by atoms with Crippen LogP contribution >= 0.6 is 0 Å². The van der Waals surface area contributed by atoms with Gasteiger partial charge in [-0.1, -0.05) is 66.7 Å². The minimum absolute atomic E-state index is 0.469. The SMILES string of the molecule is COC(=O)O[C@H](/C=C/c1ccccc1)c1ccccc1. The van der Waals surface area contributed by atoms with Gasteiger partial charge in [0.2, 0.25) is 0 Å². The third-order valence-corrected chi connectivity index (χ3v) is 2.78. The molecule has 0 amide bonds. The van der Waals surface area contributed by atoms with E-state index in [4.69, 9.17) is 4.74 Å². The van der Waals surface area contributed by atoms with Crippen molar-refractivity contribution in [1.29, 1.82) is 0 Å². The molecule has 2 rings (SSSR count). The van der Waals surface area contributed by atoms with Crippen LogP contribution in [0.2, 0.25) is 0 Å². The van der Waals surface area contributed by atoms with Crippen LogP contribution in [0.15, 0.2) is 66.7 Å². The number of rotatable bonds is 4. The Morgan fingerprint density at radius 1 is 1.00 bits per heavy atom. The summed E-state index contributed by atoms with van der Waals surface area (Å²) in [7, 11) is 1.30. The highest BCUT2D eigenvalue weighted by Gasteiger charge is 2.13. The lowest BCUT2D eigenvalue weighted by molar-refractivity contribution is 0.0524. The zero-order valence-electron chi connectivity index (χ0n) is 11.2. The second-order valence-corrected chi connectivity index (χ2v) is 4.17. The van der Waals surface area contributed by atoms with Gasteiger partial charge in [0.25, 0.3) is 0 Å². The molecular formula is C17H16O3. The molecule has 2 aromatic carbocycles. The first-order valence-electron chi connectivity index (χ1n) is 6.32. The molecule has 0 aliphatic carbocycles. The number of hydrogen-bond donors (Lipinski definition) is 0. The van der Waals surface area contributed by atoms with Crippen LogP contribution in [0.25, 0.3) is 6.08 Å². The van der Waals surface area contributed by atoms with Gasteiger partial charge in [-0.15, -0.1) is 0 Å². The van der Waals surface area contributed by atoms with E-state index in [2.05, 4.69) is 4.74 Å². The van der Waals surface area contributed by atoms with Crippen molar-refractivity contribution in [3.05, 3.63) is 77.9 Å². The molecule has 0 unspecified atom stereocenters. The van der Waals surface area contributed by atoms with Crippen LogP contribution in [-0.2, 0) is 9.47 Å². The zero-order valence-corrected chi connectivity index (χ0v) is 11.2. The Labute approximate surface area is 118 Å². The van der Waals surface area contributed by atoms with Gasteiger partial charge in [0, 0.05) is 0 Å². The Balaban J connectivity index is 2.19. The molecule has 0 saturated heterocycles. The number of carbonyl (C=O) groups excluding carboxylic acids is 1.